The van der Waals surface area contributed by atoms with Gasteiger partial charge in [0, 0.05) is 25.8 Å². The first-order valence-electron chi connectivity index (χ1n) is 6.50. The van der Waals surface area contributed by atoms with Gasteiger partial charge in [-0.3, -0.25) is 9.48 Å². The van der Waals surface area contributed by atoms with Gasteiger partial charge in [0.1, 0.15) is 0 Å². The number of carbonyl (C=O) groups excluding carboxylic acids is 1. The minimum atomic E-state index is -0.234. The van der Waals surface area contributed by atoms with E-state index in [-0.39, 0.29) is 12.5 Å². The van der Waals surface area contributed by atoms with Crippen molar-refractivity contribution in [3.8, 4) is 0 Å². The number of rotatable bonds is 10. The SMILES string of the molecule is NC(=O)CCCCCn1cc(CCCCO)nn1. The fourth-order valence-electron chi connectivity index (χ4n) is 1.73. The molecule has 1 amide bonds. The Morgan fingerprint density at radius 2 is 2.11 bits per heavy atom. The van der Waals surface area contributed by atoms with Crippen molar-refractivity contribution in [1.29, 1.82) is 0 Å². The second-order valence-electron chi connectivity index (χ2n) is 4.43. The molecule has 0 aliphatic heterocycles. The first-order chi connectivity index (χ1) is 8.72. The van der Waals surface area contributed by atoms with Gasteiger partial charge in [-0.1, -0.05) is 11.6 Å². The number of nitrogens with zero attached hydrogens (tertiary/aromatic N) is 3. The van der Waals surface area contributed by atoms with Gasteiger partial charge in [-0.2, -0.15) is 0 Å². The van der Waals surface area contributed by atoms with Crippen LogP contribution in [0.25, 0.3) is 0 Å². The van der Waals surface area contributed by atoms with Crippen molar-refractivity contribution in [1.82, 2.24) is 15.0 Å². The molecule has 0 aliphatic rings. The molecule has 0 unspecified atom stereocenters. The molecule has 3 N–H and O–H groups in total. The lowest BCUT2D eigenvalue weighted by atomic mass is 10.2. The fourth-order valence-corrected chi connectivity index (χ4v) is 1.73. The Morgan fingerprint density at radius 3 is 2.83 bits per heavy atom. The molecule has 0 aliphatic carbocycles. The average Bonchev–Trinajstić information content (AvgIpc) is 2.77. The number of unbranched alkanes of at least 4 members (excludes halogenated alkanes) is 3. The van der Waals surface area contributed by atoms with Crippen molar-refractivity contribution in [3.63, 3.8) is 0 Å². The van der Waals surface area contributed by atoms with E-state index < -0.39 is 0 Å². The standard InChI is InChI=1S/C12H22N4O2/c13-12(18)7-2-1-4-8-16-10-11(14-15-16)6-3-5-9-17/h10,17H,1-9H2,(H2,13,18). The van der Waals surface area contributed by atoms with Crippen LogP contribution in [0.4, 0.5) is 0 Å². The van der Waals surface area contributed by atoms with E-state index in [1.807, 2.05) is 10.9 Å². The van der Waals surface area contributed by atoms with Crippen LogP contribution in [-0.2, 0) is 17.8 Å². The van der Waals surface area contributed by atoms with Crippen LogP contribution in [0, 0.1) is 0 Å². The van der Waals surface area contributed by atoms with Crippen molar-refractivity contribution < 1.29 is 9.90 Å². The topological polar surface area (TPSA) is 94.0 Å². The molecule has 0 bridgehead atoms. The second-order valence-corrected chi connectivity index (χ2v) is 4.43. The third kappa shape index (κ3) is 6.34. The molecule has 0 saturated heterocycles. The number of aliphatic hydroxyl groups is 1. The van der Waals surface area contributed by atoms with Gasteiger partial charge in [0.05, 0.1) is 5.69 Å². The number of amides is 1. The highest BCUT2D eigenvalue weighted by molar-refractivity contribution is 5.73. The van der Waals surface area contributed by atoms with E-state index in [1.54, 1.807) is 0 Å². The van der Waals surface area contributed by atoms with E-state index in [9.17, 15) is 4.79 Å². The van der Waals surface area contributed by atoms with Gasteiger partial charge in [-0.05, 0) is 32.1 Å². The summed E-state index contributed by atoms with van der Waals surface area (Å²) in [6, 6.07) is 0. The van der Waals surface area contributed by atoms with Crippen LogP contribution < -0.4 is 5.73 Å². The molecule has 1 heterocycles. The summed E-state index contributed by atoms with van der Waals surface area (Å²) in [6.07, 6.45) is 7.81. The van der Waals surface area contributed by atoms with Crippen molar-refractivity contribution in [3.05, 3.63) is 11.9 Å². The number of carbonyl (C=O) groups is 1. The van der Waals surface area contributed by atoms with Crippen LogP contribution in [0.5, 0.6) is 0 Å². The van der Waals surface area contributed by atoms with Crippen LogP contribution in [0.15, 0.2) is 6.20 Å². The molecular weight excluding hydrogens is 232 g/mol. The van der Waals surface area contributed by atoms with E-state index in [0.29, 0.717) is 6.42 Å². The molecule has 1 rings (SSSR count). The first-order valence-corrected chi connectivity index (χ1v) is 6.50. The zero-order chi connectivity index (χ0) is 13.2. The van der Waals surface area contributed by atoms with Crippen LogP contribution in [-0.4, -0.2) is 32.6 Å². The maximum absolute atomic E-state index is 10.5. The predicted octanol–water partition coefficient (Wildman–Crippen LogP) is 0.639. The predicted molar refractivity (Wildman–Crippen MR) is 67.7 cm³/mol. The van der Waals surface area contributed by atoms with Crippen LogP contribution >= 0.6 is 0 Å². The van der Waals surface area contributed by atoms with E-state index in [4.69, 9.17) is 10.8 Å². The summed E-state index contributed by atoms with van der Waals surface area (Å²) < 4.78 is 1.83. The summed E-state index contributed by atoms with van der Waals surface area (Å²) in [5, 5.41) is 16.8. The lowest BCUT2D eigenvalue weighted by Crippen LogP contribution is -2.09. The van der Waals surface area contributed by atoms with Crippen LogP contribution in [0.2, 0.25) is 0 Å². The van der Waals surface area contributed by atoms with Crippen molar-refractivity contribution >= 4 is 5.91 Å². The zero-order valence-corrected chi connectivity index (χ0v) is 10.7. The molecule has 0 fully saturated rings. The molecule has 0 radical (unpaired) electrons. The highest BCUT2D eigenvalue weighted by atomic mass is 16.2. The molecular formula is C12H22N4O2. The maximum Gasteiger partial charge on any atom is 0.217 e. The number of aryl methyl sites for hydroxylation is 2. The summed E-state index contributed by atoms with van der Waals surface area (Å²) in [4.78, 5) is 10.5. The van der Waals surface area contributed by atoms with E-state index in [2.05, 4.69) is 10.3 Å². The first kappa shape index (κ1) is 14.6. The Balaban J connectivity index is 2.13. The number of aliphatic hydroxyl groups excluding tert-OH is 1. The highest BCUT2D eigenvalue weighted by Crippen LogP contribution is 2.04. The normalized spacial score (nSPS) is 10.7. The molecule has 18 heavy (non-hydrogen) atoms. The van der Waals surface area contributed by atoms with Crippen LogP contribution in [0.3, 0.4) is 0 Å². The fraction of sp³-hybridized carbons (Fsp3) is 0.750. The molecule has 0 saturated carbocycles. The Labute approximate surface area is 107 Å². The average molecular weight is 254 g/mol. The quantitative estimate of drug-likeness (QED) is 0.599. The summed E-state index contributed by atoms with van der Waals surface area (Å²) in [5.74, 6) is -0.234. The molecule has 0 spiro atoms. The highest BCUT2D eigenvalue weighted by Gasteiger charge is 2.01. The van der Waals surface area contributed by atoms with Crippen LogP contribution in [0.1, 0.15) is 44.2 Å². The largest absolute Gasteiger partial charge is 0.396 e. The van der Waals surface area contributed by atoms with Crippen molar-refractivity contribution in [2.45, 2.75) is 51.5 Å². The van der Waals surface area contributed by atoms with Gasteiger partial charge in [0.15, 0.2) is 0 Å². The molecule has 1 aromatic heterocycles. The molecule has 0 atom stereocenters. The molecule has 102 valence electrons. The van der Waals surface area contributed by atoms with E-state index in [0.717, 1.165) is 50.8 Å². The van der Waals surface area contributed by atoms with Gasteiger partial charge < -0.3 is 10.8 Å². The second kappa shape index (κ2) is 8.63. The summed E-state index contributed by atoms with van der Waals surface area (Å²) >= 11 is 0. The summed E-state index contributed by atoms with van der Waals surface area (Å²) in [7, 11) is 0. The number of primary amides is 1. The summed E-state index contributed by atoms with van der Waals surface area (Å²) in [5.41, 5.74) is 6.04. The minimum absolute atomic E-state index is 0.230. The van der Waals surface area contributed by atoms with Crippen molar-refractivity contribution in [2.75, 3.05) is 6.61 Å². The number of hydrogen-bond donors (Lipinski definition) is 2. The van der Waals surface area contributed by atoms with Crippen molar-refractivity contribution in [2.24, 2.45) is 5.73 Å². The Hall–Kier alpha value is -1.43. The van der Waals surface area contributed by atoms with Gasteiger partial charge in [0.2, 0.25) is 5.91 Å². The summed E-state index contributed by atoms with van der Waals surface area (Å²) in [6.45, 7) is 1.06. The van der Waals surface area contributed by atoms with Gasteiger partial charge in [-0.25, -0.2) is 0 Å². The molecule has 6 heteroatoms. The third-order valence-electron chi connectivity index (χ3n) is 2.74. The lowest BCUT2D eigenvalue weighted by Gasteiger charge is -1.99. The zero-order valence-electron chi connectivity index (χ0n) is 10.7. The third-order valence-corrected chi connectivity index (χ3v) is 2.74. The van der Waals surface area contributed by atoms with Gasteiger partial charge >= 0.3 is 0 Å². The Morgan fingerprint density at radius 1 is 1.28 bits per heavy atom. The Bertz CT molecular complexity index is 352. The van der Waals surface area contributed by atoms with Gasteiger partial charge in [0.25, 0.3) is 0 Å². The van der Waals surface area contributed by atoms with Gasteiger partial charge in [-0.15, -0.1) is 5.10 Å². The Kier molecular flexibility index (Phi) is 7.01. The molecule has 1 aromatic rings. The van der Waals surface area contributed by atoms with E-state index >= 15 is 0 Å². The van der Waals surface area contributed by atoms with E-state index in [1.165, 1.54) is 0 Å². The number of hydrogen-bond acceptors (Lipinski definition) is 4. The number of nitrogens with two attached hydrogens (primary N) is 1. The molecule has 6 nitrogen and oxygen atoms in total. The maximum atomic E-state index is 10.5. The molecule has 0 aromatic carbocycles. The lowest BCUT2D eigenvalue weighted by molar-refractivity contribution is -0.118. The monoisotopic (exact) mass is 254 g/mol. The number of aromatic nitrogens is 3. The minimum Gasteiger partial charge on any atom is -0.396 e. The smallest absolute Gasteiger partial charge is 0.217 e.